The molecule has 0 atom stereocenters. The van der Waals surface area contributed by atoms with Gasteiger partial charge in [-0.25, -0.2) is 9.67 Å². The van der Waals surface area contributed by atoms with Crippen LogP contribution in [-0.4, -0.2) is 19.9 Å². The zero-order chi connectivity index (χ0) is 14.0. The number of aliphatic hydroxyl groups excluding tert-OH is 1. The molecule has 0 unspecified atom stereocenters. The lowest BCUT2D eigenvalue weighted by Gasteiger charge is -2.03. The first-order valence-electron chi connectivity index (χ1n) is 6.33. The summed E-state index contributed by atoms with van der Waals surface area (Å²) < 4.78 is 1.60. The molecule has 0 spiro atoms. The first-order chi connectivity index (χ1) is 9.02. The predicted molar refractivity (Wildman–Crippen MR) is 75.6 cm³/mol. The van der Waals surface area contributed by atoms with E-state index in [0.29, 0.717) is 22.5 Å². The van der Waals surface area contributed by atoms with Crippen LogP contribution in [0.15, 0.2) is 18.3 Å². The standard InChI is InChI=1S/C14H18ClN3O/c1-9(2)6-12-11(8-19)14(15)18(17-12)13-7-10(3)4-5-16-13/h4-5,7,9,19H,6,8H2,1-3H3. The SMILES string of the molecule is Cc1ccnc(-n2nc(CC(C)C)c(CO)c2Cl)c1. The maximum atomic E-state index is 9.47. The summed E-state index contributed by atoms with van der Waals surface area (Å²) in [6.07, 6.45) is 2.51. The summed E-state index contributed by atoms with van der Waals surface area (Å²) in [6, 6.07) is 3.84. The molecule has 0 aliphatic rings. The number of aliphatic hydroxyl groups is 1. The molecule has 0 aliphatic carbocycles. The Morgan fingerprint density at radius 1 is 1.42 bits per heavy atom. The molecule has 2 aromatic rings. The van der Waals surface area contributed by atoms with Crippen molar-refractivity contribution in [2.24, 2.45) is 5.92 Å². The highest BCUT2D eigenvalue weighted by Gasteiger charge is 2.18. The van der Waals surface area contributed by atoms with Gasteiger partial charge in [0.25, 0.3) is 0 Å². The fourth-order valence-corrected chi connectivity index (χ4v) is 2.26. The second-order valence-corrected chi connectivity index (χ2v) is 5.43. The van der Waals surface area contributed by atoms with E-state index in [1.807, 2.05) is 19.1 Å². The molecule has 2 rings (SSSR count). The van der Waals surface area contributed by atoms with Gasteiger partial charge in [-0.15, -0.1) is 0 Å². The monoisotopic (exact) mass is 279 g/mol. The lowest BCUT2D eigenvalue weighted by Crippen LogP contribution is -2.02. The third kappa shape index (κ3) is 2.96. The molecule has 2 heterocycles. The Bertz CT molecular complexity index is 578. The molecule has 4 nitrogen and oxygen atoms in total. The molecule has 102 valence electrons. The summed E-state index contributed by atoms with van der Waals surface area (Å²) in [5.41, 5.74) is 2.62. The Balaban J connectivity index is 2.49. The van der Waals surface area contributed by atoms with Crippen LogP contribution in [0.4, 0.5) is 0 Å². The molecule has 0 saturated carbocycles. The molecule has 0 aliphatic heterocycles. The van der Waals surface area contributed by atoms with Gasteiger partial charge in [-0.3, -0.25) is 0 Å². The Hall–Kier alpha value is -1.39. The van der Waals surface area contributed by atoms with Crippen LogP contribution in [0.1, 0.15) is 30.7 Å². The highest BCUT2D eigenvalue weighted by molar-refractivity contribution is 6.30. The second-order valence-electron chi connectivity index (χ2n) is 5.08. The molecule has 0 aromatic carbocycles. The van der Waals surface area contributed by atoms with Gasteiger partial charge < -0.3 is 5.11 Å². The minimum absolute atomic E-state index is 0.104. The van der Waals surface area contributed by atoms with Gasteiger partial charge in [0.2, 0.25) is 0 Å². The molecule has 19 heavy (non-hydrogen) atoms. The third-order valence-electron chi connectivity index (χ3n) is 2.88. The average Bonchev–Trinajstić information content (AvgIpc) is 2.65. The molecular formula is C14H18ClN3O. The van der Waals surface area contributed by atoms with Crippen LogP contribution in [0.5, 0.6) is 0 Å². The molecule has 5 heteroatoms. The minimum atomic E-state index is -0.104. The lowest BCUT2D eigenvalue weighted by molar-refractivity contribution is 0.280. The van der Waals surface area contributed by atoms with E-state index in [0.717, 1.165) is 17.7 Å². The topological polar surface area (TPSA) is 50.9 Å². The summed E-state index contributed by atoms with van der Waals surface area (Å²) in [6.45, 7) is 6.11. The van der Waals surface area contributed by atoms with Crippen LogP contribution in [0.25, 0.3) is 5.82 Å². The van der Waals surface area contributed by atoms with E-state index in [2.05, 4.69) is 23.9 Å². The van der Waals surface area contributed by atoms with E-state index in [-0.39, 0.29) is 6.61 Å². The summed E-state index contributed by atoms with van der Waals surface area (Å²) in [5.74, 6) is 1.13. The highest BCUT2D eigenvalue weighted by Crippen LogP contribution is 2.25. The van der Waals surface area contributed by atoms with Gasteiger partial charge >= 0.3 is 0 Å². The van der Waals surface area contributed by atoms with Gasteiger partial charge in [-0.2, -0.15) is 5.10 Å². The fraction of sp³-hybridized carbons (Fsp3) is 0.429. The van der Waals surface area contributed by atoms with Crippen molar-refractivity contribution in [3.05, 3.63) is 40.3 Å². The smallest absolute Gasteiger partial charge is 0.155 e. The molecule has 0 amide bonds. The van der Waals surface area contributed by atoms with Crippen molar-refractivity contribution >= 4 is 11.6 Å². The third-order valence-corrected chi connectivity index (χ3v) is 3.27. The van der Waals surface area contributed by atoms with Crippen LogP contribution < -0.4 is 0 Å². The number of hydrogen-bond acceptors (Lipinski definition) is 3. The molecular weight excluding hydrogens is 262 g/mol. The minimum Gasteiger partial charge on any atom is -0.391 e. The average molecular weight is 280 g/mol. The van der Waals surface area contributed by atoms with Crippen LogP contribution in [0.2, 0.25) is 5.15 Å². The van der Waals surface area contributed by atoms with E-state index in [1.54, 1.807) is 10.9 Å². The van der Waals surface area contributed by atoms with Gasteiger partial charge in [0.05, 0.1) is 12.3 Å². The zero-order valence-electron chi connectivity index (χ0n) is 11.4. The Morgan fingerprint density at radius 3 is 2.74 bits per heavy atom. The van der Waals surface area contributed by atoms with Crippen LogP contribution in [0.3, 0.4) is 0 Å². The summed E-state index contributed by atoms with van der Waals surface area (Å²) in [7, 11) is 0. The van der Waals surface area contributed by atoms with E-state index in [9.17, 15) is 5.11 Å². The summed E-state index contributed by atoms with van der Waals surface area (Å²) in [4.78, 5) is 4.27. The Labute approximate surface area is 118 Å². The van der Waals surface area contributed by atoms with Crippen molar-refractivity contribution in [1.29, 1.82) is 0 Å². The number of halogens is 1. The molecule has 0 fully saturated rings. The van der Waals surface area contributed by atoms with Gasteiger partial charge in [0.1, 0.15) is 5.15 Å². The number of aromatic nitrogens is 3. The predicted octanol–water partition coefficient (Wildman–Crippen LogP) is 2.92. The van der Waals surface area contributed by atoms with Crippen LogP contribution >= 0.6 is 11.6 Å². The quantitative estimate of drug-likeness (QED) is 0.936. The molecule has 1 N–H and O–H groups in total. The van der Waals surface area contributed by atoms with Gasteiger partial charge in [0, 0.05) is 11.8 Å². The maximum Gasteiger partial charge on any atom is 0.155 e. The van der Waals surface area contributed by atoms with E-state index in [4.69, 9.17) is 11.6 Å². The highest BCUT2D eigenvalue weighted by atomic mass is 35.5. The number of aryl methyl sites for hydroxylation is 1. The molecule has 0 bridgehead atoms. The van der Waals surface area contributed by atoms with Crippen molar-refractivity contribution in [2.45, 2.75) is 33.8 Å². The van der Waals surface area contributed by atoms with E-state index >= 15 is 0 Å². The van der Waals surface area contributed by atoms with Crippen molar-refractivity contribution in [2.75, 3.05) is 0 Å². The number of nitrogens with zero attached hydrogens (tertiary/aromatic N) is 3. The second kappa shape index (κ2) is 5.72. The van der Waals surface area contributed by atoms with E-state index in [1.165, 1.54) is 0 Å². The first-order valence-corrected chi connectivity index (χ1v) is 6.71. The zero-order valence-corrected chi connectivity index (χ0v) is 12.1. The van der Waals surface area contributed by atoms with Crippen molar-refractivity contribution < 1.29 is 5.11 Å². The van der Waals surface area contributed by atoms with Gasteiger partial charge in [-0.1, -0.05) is 25.4 Å². The molecule has 0 saturated heterocycles. The van der Waals surface area contributed by atoms with Crippen LogP contribution in [-0.2, 0) is 13.0 Å². The van der Waals surface area contributed by atoms with E-state index < -0.39 is 0 Å². The van der Waals surface area contributed by atoms with Crippen LogP contribution in [0, 0.1) is 12.8 Å². The summed E-state index contributed by atoms with van der Waals surface area (Å²) in [5, 5.41) is 14.4. The number of hydrogen-bond donors (Lipinski definition) is 1. The molecule has 2 aromatic heterocycles. The Kier molecular flexibility index (Phi) is 4.22. The molecule has 0 radical (unpaired) electrons. The van der Waals surface area contributed by atoms with Gasteiger partial charge in [-0.05, 0) is 37.0 Å². The normalized spacial score (nSPS) is 11.3. The van der Waals surface area contributed by atoms with Gasteiger partial charge in [0.15, 0.2) is 5.82 Å². The fourth-order valence-electron chi connectivity index (χ4n) is 1.97. The largest absolute Gasteiger partial charge is 0.391 e. The summed E-state index contributed by atoms with van der Waals surface area (Å²) >= 11 is 6.30. The maximum absolute atomic E-state index is 9.47. The lowest BCUT2D eigenvalue weighted by atomic mass is 10.1. The van der Waals surface area contributed by atoms with Crippen molar-refractivity contribution in [1.82, 2.24) is 14.8 Å². The van der Waals surface area contributed by atoms with Crippen molar-refractivity contribution in [3.8, 4) is 5.82 Å². The number of rotatable bonds is 4. The Morgan fingerprint density at radius 2 is 2.16 bits per heavy atom. The van der Waals surface area contributed by atoms with Crippen molar-refractivity contribution in [3.63, 3.8) is 0 Å². The first kappa shape index (κ1) is 14.0. The number of pyridine rings is 1.